The minimum atomic E-state index is -1.09. The van der Waals surface area contributed by atoms with Crippen LogP contribution in [0.1, 0.15) is 35.6 Å². The summed E-state index contributed by atoms with van der Waals surface area (Å²) in [6, 6.07) is 29.5. The number of carbonyl (C=O) groups is 1. The molecule has 5 rings (SSSR count). The topological polar surface area (TPSA) is 144 Å². The summed E-state index contributed by atoms with van der Waals surface area (Å²) in [6.45, 7) is 1.41. The third kappa shape index (κ3) is 7.83. The summed E-state index contributed by atoms with van der Waals surface area (Å²) in [5.41, 5.74) is 5.08. The molecule has 0 bridgehead atoms. The molecule has 1 atom stereocenters. The SMILES string of the molecule is O=C(O)Nc1cc(CCCCOc2ccc(CNC[C@@H](O)c3ccc(O)c4[nH]c(=O)ccc34)cc2)ccc1-c1ccccc1. The van der Waals surface area contributed by atoms with Crippen LogP contribution in [0, 0.1) is 0 Å². The number of H-pyrrole nitrogens is 1. The van der Waals surface area contributed by atoms with E-state index in [1.54, 1.807) is 12.1 Å². The number of phenolic OH excluding ortho intramolecular Hbond substituents is 1. The first-order valence-corrected chi connectivity index (χ1v) is 14.5. The number of pyridine rings is 1. The van der Waals surface area contributed by atoms with E-state index in [-0.39, 0.29) is 11.3 Å². The lowest BCUT2D eigenvalue weighted by molar-refractivity contribution is 0.176. The van der Waals surface area contributed by atoms with Gasteiger partial charge in [-0.1, -0.05) is 60.7 Å². The smallest absolute Gasteiger partial charge is 0.409 e. The van der Waals surface area contributed by atoms with Crippen molar-refractivity contribution in [3.63, 3.8) is 0 Å². The Kier molecular flexibility index (Phi) is 9.91. The predicted octanol–water partition coefficient (Wildman–Crippen LogP) is 6.22. The number of aryl methyl sites for hydroxylation is 1. The Labute approximate surface area is 254 Å². The van der Waals surface area contributed by atoms with Crippen LogP contribution in [0.15, 0.2) is 102 Å². The van der Waals surface area contributed by atoms with E-state index in [2.05, 4.69) is 15.6 Å². The highest BCUT2D eigenvalue weighted by Gasteiger charge is 2.14. The fourth-order valence-electron chi connectivity index (χ4n) is 5.17. The number of unbranched alkanes of at least 4 members (excludes halogenated alkanes) is 1. The molecule has 1 aromatic heterocycles. The van der Waals surface area contributed by atoms with Gasteiger partial charge in [-0.05, 0) is 71.8 Å². The zero-order valence-electron chi connectivity index (χ0n) is 24.1. The van der Waals surface area contributed by atoms with E-state index < -0.39 is 12.2 Å². The molecule has 0 aliphatic rings. The van der Waals surface area contributed by atoms with Crippen molar-refractivity contribution in [2.24, 2.45) is 0 Å². The molecule has 0 aliphatic carbocycles. The molecule has 0 unspecified atom stereocenters. The Hall–Kier alpha value is -5.12. The van der Waals surface area contributed by atoms with Crippen molar-refractivity contribution < 1.29 is 24.9 Å². The van der Waals surface area contributed by atoms with Crippen molar-refractivity contribution in [1.82, 2.24) is 10.3 Å². The molecule has 44 heavy (non-hydrogen) atoms. The molecule has 0 radical (unpaired) electrons. The molecule has 0 aliphatic heterocycles. The fraction of sp³-hybridized carbons (Fsp3) is 0.200. The average Bonchev–Trinajstić information content (AvgIpc) is 3.02. The van der Waals surface area contributed by atoms with Gasteiger partial charge < -0.3 is 30.4 Å². The molecule has 0 saturated heterocycles. The molecule has 1 amide bonds. The number of aliphatic hydroxyl groups is 1. The number of hydrogen-bond acceptors (Lipinski definition) is 6. The van der Waals surface area contributed by atoms with Gasteiger partial charge in [-0.15, -0.1) is 0 Å². The summed E-state index contributed by atoms with van der Waals surface area (Å²) < 4.78 is 5.92. The first-order chi connectivity index (χ1) is 21.4. The maximum atomic E-state index is 11.6. The van der Waals surface area contributed by atoms with Gasteiger partial charge in [0, 0.05) is 30.1 Å². The van der Waals surface area contributed by atoms with Gasteiger partial charge in [0.05, 0.1) is 23.9 Å². The number of anilines is 1. The van der Waals surface area contributed by atoms with Crippen LogP contribution in [0.3, 0.4) is 0 Å². The zero-order chi connectivity index (χ0) is 30.9. The predicted molar refractivity (Wildman–Crippen MR) is 171 cm³/mol. The monoisotopic (exact) mass is 593 g/mol. The van der Waals surface area contributed by atoms with Crippen LogP contribution >= 0.6 is 0 Å². The third-order valence-corrected chi connectivity index (χ3v) is 7.39. The van der Waals surface area contributed by atoms with E-state index in [4.69, 9.17) is 4.74 Å². The molecule has 0 fully saturated rings. The van der Waals surface area contributed by atoms with Gasteiger partial charge in [0.1, 0.15) is 11.5 Å². The van der Waals surface area contributed by atoms with E-state index in [1.165, 1.54) is 12.1 Å². The number of carboxylic acid groups (broad SMARTS) is 1. The Morgan fingerprint density at radius 1 is 0.886 bits per heavy atom. The molecule has 9 nitrogen and oxygen atoms in total. The second-order valence-electron chi connectivity index (χ2n) is 10.6. The minimum absolute atomic E-state index is 0.0399. The van der Waals surface area contributed by atoms with Crippen molar-refractivity contribution >= 4 is 22.7 Å². The summed E-state index contributed by atoms with van der Waals surface area (Å²) in [7, 11) is 0. The Bertz CT molecular complexity index is 1770. The molecular weight excluding hydrogens is 558 g/mol. The summed E-state index contributed by atoms with van der Waals surface area (Å²) in [5, 5.41) is 36.5. The minimum Gasteiger partial charge on any atom is -0.506 e. The number of nitrogens with one attached hydrogen (secondary N) is 3. The number of aromatic nitrogens is 1. The van der Waals surface area contributed by atoms with Crippen LogP contribution in [0.2, 0.25) is 0 Å². The number of fused-ring (bicyclic) bond motifs is 1. The van der Waals surface area contributed by atoms with Crippen LogP contribution in [0.4, 0.5) is 10.5 Å². The largest absolute Gasteiger partial charge is 0.506 e. The Balaban J connectivity index is 1.06. The molecule has 0 saturated carbocycles. The first-order valence-electron chi connectivity index (χ1n) is 14.5. The van der Waals surface area contributed by atoms with Gasteiger partial charge >= 0.3 is 6.09 Å². The molecular formula is C35H35N3O6. The number of aromatic hydroxyl groups is 1. The lowest BCUT2D eigenvalue weighted by Gasteiger charge is -2.15. The van der Waals surface area contributed by atoms with Crippen LogP contribution in [-0.4, -0.2) is 39.5 Å². The van der Waals surface area contributed by atoms with E-state index in [0.29, 0.717) is 41.9 Å². The van der Waals surface area contributed by atoms with Crippen LogP contribution in [-0.2, 0) is 13.0 Å². The summed E-state index contributed by atoms with van der Waals surface area (Å²) in [4.78, 5) is 25.6. The molecule has 226 valence electrons. The van der Waals surface area contributed by atoms with Gasteiger partial charge in [0.2, 0.25) is 5.56 Å². The van der Waals surface area contributed by atoms with Crippen molar-refractivity contribution in [3.05, 3.63) is 124 Å². The van der Waals surface area contributed by atoms with E-state index in [1.807, 2.05) is 72.8 Å². The van der Waals surface area contributed by atoms with Gasteiger partial charge in [0.25, 0.3) is 0 Å². The normalized spacial score (nSPS) is 11.8. The van der Waals surface area contributed by atoms with Crippen molar-refractivity contribution in [1.29, 1.82) is 0 Å². The maximum Gasteiger partial charge on any atom is 0.409 e. The number of aromatic amines is 1. The number of benzene rings is 4. The van der Waals surface area contributed by atoms with E-state index in [0.717, 1.165) is 47.3 Å². The molecule has 9 heteroatoms. The summed E-state index contributed by atoms with van der Waals surface area (Å²) in [6.07, 6.45) is 0.640. The maximum absolute atomic E-state index is 11.6. The van der Waals surface area contributed by atoms with Crippen molar-refractivity contribution in [3.8, 4) is 22.6 Å². The van der Waals surface area contributed by atoms with Gasteiger partial charge in [0.15, 0.2) is 0 Å². The van der Waals surface area contributed by atoms with E-state index >= 15 is 0 Å². The lowest BCUT2D eigenvalue weighted by Crippen LogP contribution is -2.21. The molecule has 5 aromatic rings. The van der Waals surface area contributed by atoms with E-state index in [9.17, 15) is 24.9 Å². The van der Waals surface area contributed by atoms with Crippen LogP contribution in [0.25, 0.3) is 22.0 Å². The number of aliphatic hydroxyl groups excluding tert-OH is 1. The van der Waals surface area contributed by atoms with Gasteiger partial charge in [-0.3, -0.25) is 10.1 Å². The molecule has 6 N–H and O–H groups in total. The average molecular weight is 594 g/mol. The first kappa shape index (κ1) is 30.3. The Morgan fingerprint density at radius 2 is 1.66 bits per heavy atom. The van der Waals surface area contributed by atoms with Crippen molar-refractivity contribution in [2.45, 2.75) is 31.9 Å². The van der Waals surface area contributed by atoms with Gasteiger partial charge in [-0.2, -0.15) is 0 Å². The summed E-state index contributed by atoms with van der Waals surface area (Å²) >= 11 is 0. The zero-order valence-corrected chi connectivity index (χ0v) is 24.1. The molecule has 4 aromatic carbocycles. The van der Waals surface area contributed by atoms with Crippen LogP contribution in [0.5, 0.6) is 11.5 Å². The fourth-order valence-corrected chi connectivity index (χ4v) is 5.17. The highest BCUT2D eigenvalue weighted by Crippen LogP contribution is 2.30. The Morgan fingerprint density at radius 3 is 2.43 bits per heavy atom. The second-order valence-corrected chi connectivity index (χ2v) is 10.6. The molecule has 0 spiro atoms. The van der Waals surface area contributed by atoms with Crippen LogP contribution < -0.4 is 20.9 Å². The number of hydrogen-bond donors (Lipinski definition) is 6. The number of phenols is 1. The quantitative estimate of drug-likeness (QED) is 0.0890. The number of amides is 1. The highest BCUT2D eigenvalue weighted by atomic mass is 16.5. The highest BCUT2D eigenvalue weighted by molar-refractivity contribution is 5.91. The third-order valence-electron chi connectivity index (χ3n) is 7.39. The number of ether oxygens (including phenoxy) is 1. The lowest BCUT2D eigenvalue weighted by atomic mass is 9.99. The summed E-state index contributed by atoms with van der Waals surface area (Å²) in [5.74, 6) is 0.736. The standard InChI is InChI=1S/C35H35N3O6/c39-31-17-15-28(29-16-18-33(41)38-34(29)31)32(40)22-36-21-24-9-12-26(13-10-24)44-19-5-4-6-23-11-14-27(25-7-2-1-3-8-25)30(20-23)37-35(42)43/h1-3,7-18,20,32,36-37,39-40H,4-6,19,21-22H2,(H,38,41)(H,42,43)/t32-/m1/s1. The van der Waals surface area contributed by atoms with Crippen molar-refractivity contribution in [2.75, 3.05) is 18.5 Å². The number of rotatable bonds is 13. The second kappa shape index (κ2) is 14.4. The van der Waals surface area contributed by atoms with Gasteiger partial charge in [-0.25, -0.2) is 4.79 Å². The molecule has 1 heterocycles.